The molecule has 1 unspecified atom stereocenters. The first-order chi connectivity index (χ1) is 10.1. The van der Waals surface area contributed by atoms with Crippen LogP contribution in [0.15, 0.2) is 11.2 Å². The minimum atomic E-state index is -3.61. The summed E-state index contributed by atoms with van der Waals surface area (Å²) in [6.45, 7) is 2.88. The Labute approximate surface area is 125 Å². The quantitative estimate of drug-likeness (QED) is 0.592. The van der Waals surface area contributed by atoms with Crippen LogP contribution < -0.4 is 10.0 Å². The lowest BCUT2D eigenvalue weighted by molar-refractivity contribution is 0.171. The highest BCUT2D eigenvalue weighted by molar-refractivity contribution is 7.89. The molecule has 8 heteroatoms. The SMILES string of the molecule is CCCC(COC)NS(=O)(=O)c1[nH]ncc1CNC1CC1. The molecule has 0 spiro atoms. The van der Waals surface area contributed by atoms with Gasteiger partial charge in [0.1, 0.15) is 0 Å². The van der Waals surface area contributed by atoms with E-state index in [2.05, 4.69) is 20.2 Å². The Morgan fingerprint density at radius 2 is 2.29 bits per heavy atom. The summed E-state index contributed by atoms with van der Waals surface area (Å²) in [4.78, 5) is 0. The van der Waals surface area contributed by atoms with Crippen molar-refractivity contribution in [2.24, 2.45) is 0 Å². The van der Waals surface area contributed by atoms with Gasteiger partial charge in [-0.3, -0.25) is 5.10 Å². The summed E-state index contributed by atoms with van der Waals surface area (Å²) in [5.74, 6) is 0. The smallest absolute Gasteiger partial charge is 0.258 e. The largest absolute Gasteiger partial charge is 0.383 e. The molecule has 120 valence electrons. The molecule has 7 nitrogen and oxygen atoms in total. The van der Waals surface area contributed by atoms with Crippen molar-refractivity contribution in [3.63, 3.8) is 0 Å². The maximum atomic E-state index is 12.5. The average molecular weight is 316 g/mol. The van der Waals surface area contributed by atoms with Crippen LogP contribution in [0.1, 0.15) is 38.2 Å². The van der Waals surface area contributed by atoms with Crippen molar-refractivity contribution >= 4 is 10.0 Å². The maximum absolute atomic E-state index is 12.5. The van der Waals surface area contributed by atoms with E-state index in [0.717, 1.165) is 25.7 Å². The molecule has 1 aromatic heterocycles. The molecule has 1 aromatic rings. The van der Waals surface area contributed by atoms with Gasteiger partial charge < -0.3 is 10.1 Å². The van der Waals surface area contributed by atoms with Gasteiger partial charge in [-0.2, -0.15) is 5.10 Å². The second-order valence-electron chi connectivity index (χ2n) is 5.44. The first kappa shape index (κ1) is 16.4. The molecule has 1 heterocycles. The van der Waals surface area contributed by atoms with Crippen molar-refractivity contribution in [3.8, 4) is 0 Å². The summed E-state index contributed by atoms with van der Waals surface area (Å²) >= 11 is 0. The third-order valence-electron chi connectivity index (χ3n) is 3.43. The highest BCUT2D eigenvalue weighted by Crippen LogP contribution is 2.20. The number of nitrogens with one attached hydrogen (secondary N) is 3. The normalized spacial score (nSPS) is 17.0. The summed E-state index contributed by atoms with van der Waals surface area (Å²) in [5.41, 5.74) is 0.669. The molecule has 1 aliphatic carbocycles. The van der Waals surface area contributed by atoms with E-state index in [1.165, 1.54) is 0 Å². The lowest BCUT2D eigenvalue weighted by Crippen LogP contribution is -2.38. The van der Waals surface area contributed by atoms with Gasteiger partial charge in [0.15, 0.2) is 5.03 Å². The topological polar surface area (TPSA) is 96.1 Å². The summed E-state index contributed by atoms with van der Waals surface area (Å²) in [6.07, 6.45) is 5.50. The number of aromatic amines is 1. The van der Waals surface area contributed by atoms with E-state index in [9.17, 15) is 8.42 Å². The second-order valence-corrected chi connectivity index (χ2v) is 7.09. The minimum absolute atomic E-state index is 0.146. The van der Waals surface area contributed by atoms with E-state index in [1.54, 1.807) is 13.3 Å². The van der Waals surface area contributed by atoms with Gasteiger partial charge in [0.25, 0.3) is 10.0 Å². The maximum Gasteiger partial charge on any atom is 0.258 e. The fourth-order valence-electron chi connectivity index (χ4n) is 2.20. The molecule has 0 aliphatic heterocycles. The molecule has 0 saturated heterocycles. The molecule has 1 aliphatic rings. The summed E-state index contributed by atoms with van der Waals surface area (Å²) in [6, 6.07) is 0.294. The van der Waals surface area contributed by atoms with Crippen molar-refractivity contribution in [1.82, 2.24) is 20.2 Å². The highest BCUT2D eigenvalue weighted by Gasteiger charge is 2.26. The predicted molar refractivity (Wildman–Crippen MR) is 79.3 cm³/mol. The van der Waals surface area contributed by atoms with E-state index in [0.29, 0.717) is 24.8 Å². The van der Waals surface area contributed by atoms with Crippen LogP contribution in [0.4, 0.5) is 0 Å². The van der Waals surface area contributed by atoms with Gasteiger partial charge in [0.2, 0.25) is 0 Å². The predicted octanol–water partition coefficient (Wildman–Crippen LogP) is 0.755. The van der Waals surface area contributed by atoms with Gasteiger partial charge in [0.05, 0.1) is 12.8 Å². The summed E-state index contributed by atoms with van der Waals surface area (Å²) in [7, 11) is -2.04. The molecule has 1 atom stereocenters. The number of hydrogen-bond acceptors (Lipinski definition) is 5. The zero-order valence-electron chi connectivity index (χ0n) is 12.6. The van der Waals surface area contributed by atoms with Crippen molar-refractivity contribution < 1.29 is 13.2 Å². The number of rotatable bonds is 10. The first-order valence-electron chi connectivity index (χ1n) is 7.33. The Morgan fingerprint density at radius 1 is 1.52 bits per heavy atom. The van der Waals surface area contributed by atoms with E-state index in [-0.39, 0.29) is 11.1 Å². The molecule has 0 amide bonds. The average Bonchev–Trinajstić information content (AvgIpc) is 3.12. The van der Waals surface area contributed by atoms with Gasteiger partial charge in [-0.1, -0.05) is 13.3 Å². The number of nitrogens with zero attached hydrogens (tertiary/aromatic N) is 1. The van der Waals surface area contributed by atoms with E-state index < -0.39 is 10.0 Å². The molecule has 0 aromatic carbocycles. The lowest BCUT2D eigenvalue weighted by atomic mass is 10.2. The van der Waals surface area contributed by atoms with Crippen LogP contribution in [0.3, 0.4) is 0 Å². The molecule has 21 heavy (non-hydrogen) atoms. The fraction of sp³-hybridized carbons (Fsp3) is 0.769. The van der Waals surface area contributed by atoms with Crippen molar-refractivity contribution in [3.05, 3.63) is 11.8 Å². The van der Waals surface area contributed by atoms with Crippen LogP contribution in [-0.4, -0.2) is 44.4 Å². The number of methoxy groups -OCH3 is 1. The Morgan fingerprint density at radius 3 is 2.90 bits per heavy atom. The molecule has 0 radical (unpaired) electrons. The highest BCUT2D eigenvalue weighted by atomic mass is 32.2. The lowest BCUT2D eigenvalue weighted by Gasteiger charge is -2.17. The van der Waals surface area contributed by atoms with Crippen LogP contribution in [0, 0.1) is 0 Å². The van der Waals surface area contributed by atoms with Crippen LogP contribution in [-0.2, 0) is 21.3 Å². The van der Waals surface area contributed by atoms with Crippen LogP contribution in [0.5, 0.6) is 0 Å². The van der Waals surface area contributed by atoms with E-state index >= 15 is 0 Å². The zero-order valence-corrected chi connectivity index (χ0v) is 13.4. The van der Waals surface area contributed by atoms with Crippen molar-refractivity contribution in [2.75, 3.05) is 13.7 Å². The molecule has 1 saturated carbocycles. The molecular weight excluding hydrogens is 292 g/mol. The van der Waals surface area contributed by atoms with E-state index in [1.807, 2.05) is 6.92 Å². The van der Waals surface area contributed by atoms with Gasteiger partial charge in [-0.25, -0.2) is 13.1 Å². The third-order valence-corrected chi connectivity index (χ3v) is 4.97. The minimum Gasteiger partial charge on any atom is -0.383 e. The van der Waals surface area contributed by atoms with Gasteiger partial charge in [-0.05, 0) is 19.3 Å². The number of ether oxygens (including phenoxy) is 1. The standard InChI is InChI=1S/C13H24N4O3S/c1-3-4-12(9-20-2)17-21(18,19)13-10(8-15-16-13)7-14-11-5-6-11/h8,11-12,14,17H,3-7,9H2,1-2H3,(H,15,16). The van der Waals surface area contributed by atoms with Crippen LogP contribution in [0.25, 0.3) is 0 Å². The van der Waals surface area contributed by atoms with Crippen molar-refractivity contribution in [1.29, 1.82) is 0 Å². The van der Waals surface area contributed by atoms with Gasteiger partial charge in [0, 0.05) is 31.3 Å². The Balaban J connectivity index is 2.04. The Bertz CT molecular complexity index is 533. The summed E-state index contributed by atoms with van der Waals surface area (Å²) < 4.78 is 32.7. The molecule has 0 bridgehead atoms. The number of hydrogen-bond donors (Lipinski definition) is 3. The first-order valence-corrected chi connectivity index (χ1v) is 8.82. The van der Waals surface area contributed by atoms with Crippen LogP contribution in [0.2, 0.25) is 0 Å². The number of sulfonamides is 1. The molecular formula is C13H24N4O3S. The summed E-state index contributed by atoms with van der Waals surface area (Å²) in [5, 5.41) is 9.91. The number of H-pyrrole nitrogens is 1. The zero-order chi connectivity index (χ0) is 15.3. The Hall–Kier alpha value is -0.960. The van der Waals surface area contributed by atoms with Crippen LogP contribution >= 0.6 is 0 Å². The van der Waals surface area contributed by atoms with Gasteiger partial charge in [-0.15, -0.1) is 0 Å². The monoisotopic (exact) mass is 316 g/mol. The molecule has 2 rings (SSSR count). The van der Waals surface area contributed by atoms with E-state index in [4.69, 9.17) is 4.74 Å². The number of aromatic nitrogens is 2. The fourth-order valence-corrected chi connectivity index (χ4v) is 3.59. The molecule has 1 fully saturated rings. The van der Waals surface area contributed by atoms with Gasteiger partial charge >= 0.3 is 0 Å². The van der Waals surface area contributed by atoms with Crippen molar-refractivity contribution in [2.45, 2.75) is 56.3 Å². The third kappa shape index (κ3) is 4.77. The second kappa shape index (κ2) is 7.35. The Kier molecular flexibility index (Phi) is 5.74. The molecule has 3 N–H and O–H groups in total.